The molecular formula is C20H28N2O3. The van der Waals surface area contributed by atoms with Gasteiger partial charge in [-0.25, -0.2) is 0 Å². The number of fused-ring (bicyclic) bond motifs is 1. The fraction of sp³-hybridized carbons (Fsp3) is 0.600. The van der Waals surface area contributed by atoms with Gasteiger partial charge in [0.05, 0.1) is 6.61 Å². The third-order valence-corrected chi connectivity index (χ3v) is 5.13. The van der Waals surface area contributed by atoms with E-state index < -0.39 is 0 Å². The van der Waals surface area contributed by atoms with Crippen LogP contribution < -0.4 is 10.1 Å². The number of carbonyl (C=O) groups excluding carboxylic acids is 2. The van der Waals surface area contributed by atoms with Gasteiger partial charge in [-0.3, -0.25) is 9.59 Å². The highest BCUT2D eigenvalue weighted by atomic mass is 16.5. The van der Waals surface area contributed by atoms with Crippen molar-refractivity contribution in [2.75, 3.05) is 26.2 Å². The van der Waals surface area contributed by atoms with Crippen molar-refractivity contribution in [2.24, 2.45) is 0 Å². The van der Waals surface area contributed by atoms with Crippen LogP contribution >= 0.6 is 0 Å². The molecule has 1 unspecified atom stereocenters. The van der Waals surface area contributed by atoms with Gasteiger partial charge in [0.1, 0.15) is 5.75 Å². The van der Waals surface area contributed by atoms with Crippen LogP contribution in [0.4, 0.5) is 0 Å². The topological polar surface area (TPSA) is 58.6 Å². The number of carbonyl (C=O) groups is 2. The Morgan fingerprint density at radius 3 is 2.68 bits per heavy atom. The first-order chi connectivity index (χ1) is 12.2. The Bertz CT molecular complexity index is 594. The number of ether oxygens (including phenoxy) is 1. The number of hydrogen-bond donors (Lipinski definition) is 1. The second kappa shape index (κ2) is 8.88. The molecule has 0 aliphatic carbocycles. The summed E-state index contributed by atoms with van der Waals surface area (Å²) in [5.74, 6) is 1.28. The van der Waals surface area contributed by atoms with Gasteiger partial charge in [-0.2, -0.15) is 0 Å². The van der Waals surface area contributed by atoms with Crippen LogP contribution in [0.1, 0.15) is 56.4 Å². The molecule has 2 aliphatic rings. The molecule has 1 aromatic carbocycles. The van der Waals surface area contributed by atoms with Gasteiger partial charge in [0, 0.05) is 32.5 Å². The van der Waals surface area contributed by atoms with Gasteiger partial charge in [-0.15, -0.1) is 0 Å². The lowest BCUT2D eigenvalue weighted by Gasteiger charge is -2.25. The van der Waals surface area contributed by atoms with Crippen LogP contribution in [-0.4, -0.2) is 43.0 Å². The minimum atomic E-state index is 0.0189. The van der Waals surface area contributed by atoms with Crippen molar-refractivity contribution >= 4 is 11.8 Å². The molecule has 2 amide bonds. The Hall–Kier alpha value is -2.04. The Morgan fingerprint density at radius 1 is 1.12 bits per heavy atom. The molecule has 0 aromatic heterocycles. The average Bonchev–Trinajstić information content (AvgIpc) is 2.91. The number of rotatable bonds is 5. The Labute approximate surface area is 149 Å². The molecule has 1 aromatic rings. The van der Waals surface area contributed by atoms with Gasteiger partial charge in [0.25, 0.3) is 0 Å². The Kier molecular flexibility index (Phi) is 6.31. The standard InChI is InChI=1S/C20H28N2O3/c23-19(15-16-10-14-25-18-8-4-3-7-17(16)18)21-11-9-20(24)22-12-5-1-2-6-13-22/h3-4,7-8,16H,1-2,5-6,9-15H2,(H,21,23). The molecule has 25 heavy (non-hydrogen) atoms. The number of benzene rings is 1. The lowest BCUT2D eigenvalue weighted by atomic mass is 9.90. The van der Waals surface area contributed by atoms with Gasteiger partial charge in [0.2, 0.25) is 11.8 Å². The summed E-state index contributed by atoms with van der Waals surface area (Å²) in [4.78, 5) is 26.5. The van der Waals surface area contributed by atoms with E-state index in [9.17, 15) is 9.59 Å². The van der Waals surface area contributed by atoms with E-state index in [4.69, 9.17) is 4.74 Å². The molecule has 1 N–H and O–H groups in total. The third kappa shape index (κ3) is 4.97. The third-order valence-electron chi connectivity index (χ3n) is 5.13. The number of amides is 2. The van der Waals surface area contributed by atoms with Crippen molar-refractivity contribution in [1.29, 1.82) is 0 Å². The van der Waals surface area contributed by atoms with Gasteiger partial charge < -0.3 is 15.0 Å². The molecule has 1 fully saturated rings. The van der Waals surface area contributed by atoms with E-state index in [-0.39, 0.29) is 17.7 Å². The summed E-state index contributed by atoms with van der Waals surface area (Å²) < 4.78 is 5.64. The zero-order chi connectivity index (χ0) is 17.5. The van der Waals surface area contributed by atoms with Crippen LogP contribution in [0.25, 0.3) is 0 Å². The first-order valence-corrected chi connectivity index (χ1v) is 9.50. The normalized spacial score (nSPS) is 20.2. The molecule has 5 heteroatoms. The molecule has 0 spiro atoms. The van der Waals surface area contributed by atoms with E-state index in [1.165, 1.54) is 12.8 Å². The molecule has 1 atom stereocenters. The molecule has 5 nitrogen and oxygen atoms in total. The van der Waals surface area contributed by atoms with Crippen molar-refractivity contribution in [3.05, 3.63) is 29.8 Å². The lowest BCUT2D eigenvalue weighted by Crippen LogP contribution is -2.35. The second-order valence-corrected chi connectivity index (χ2v) is 6.97. The molecule has 2 heterocycles. The fourth-order valence-electron chi connectivity index (χ4n) is 3.71. The minimum absolute atomic E-state index is 0.0189. The Morgan fingerprint density at radius 2 is 1.88 bits per heavy atom. The average molecular weight is 344 g/mol. The van der Waals surface area contributed by atoms with Crippen molar-refractivity contribution in [1.82, 2.24) is 10.2 Å². The van der Waals surface area contributed by atoms with Gasteiger partial charge >= 0.3 is 0 Å². The number of nitrogens with zero attached hydrogens (tertiary/aromatic N) is 1. The van der Waals surface area contributed by atoms with Gasteiger partial charge in [0.15, 0.2) is 0 Å². The van der Waals surface area contributed by atoms with Crippen molar-refractivity contribution in [3.8, 4) is 5.75 Å². The lowest BCUT2D eigenvalue weighted by molar-refractivity contribution is -0.131. The van der Waals surface area contributed by atoms with Crippen LogP contribution in [0, 0.1) is 0 Å². The van der Waals surface area contributed by atoms with Crippen LogP contribution in [-0.2, 0) is 9.59 Å². The van der Waals surface area contributed by atoms with Crippen LogP contribution in [0.2, 0.25) is 0 Å². The summed E-state index contributed by atoms with van der Waals surface area (Å²) in [5, 5.41) is 2.92. The summed E-state index contributed by atoms with van der Waals surface area (Å²) in [6.07, 6.45) is 6.34. The summed E-state index contributed by atoms with van der Waals surface area (Å²) in [6, 6.07) is 7.93. The van der Waals surface area contributed by atoms with Crippen LogP contribution in [0.15, 0.2) is 24.3 Å². The maximum Gasteiger partial charge on any atom is 0.224 e. The van der Waals surface area contributed by atoms with E-state index in [2.05, 4.69) is 5.32 Å². The summed E-state index contributed by atoms with van der Waals surface area (Å²) in [5.41, 5.74) is 1.12. The molecule has 2 aliphatic heterocycles. The number of hydrogen-bond acceptors (Lipinski definition) is 3. The first-order valence-electron chi connectivity index (χ1n) is 9.50. The van der Waals surface area contributed by atoms with E-state index in [0.717, 1.165) is 43.7 Å². The SMILES string of the molecule is O=C(CC1CCOc2ccccc21)NCCC(=O)N1CCCCCC1. The predicted molar refractivity (Wildman–Crippen MR) is 96.6 cm³/mol. The summed E-state index contributed by atoms with van der Waals surface area (Å²) >= 11 is 0. The van der Waals surface area contributed by atoms with Gasteiger partial charge in [-0.05, 0) is 36.8 Å². The molecule has 136 valence electrons. The highest BCUT2D eigenvalue weighted by molar-refractivity contribution is 5.79. The summed E-state index contributed by atoms with van der Waals surface area (Å²) in [7, 11) is 0. The number of nitrogens with one attached hydrogen (secondary N) is 1. The minimum Gasteiger partial charge on any atom is -0.493 e. The molecule has 3 rings (SSSR count). The smallest absolute Gasteiger partial charge is 0.224 e. The van der Waals surface area contributed by atoms with Crippen LogP contribution in [0.3, 0.4) is 0 Å². The maximum absolute atomic E-state index is 12.3. The van der Waals surface area contributed by atoms with E-state index in [0.29, 0.717) is 26.0 Å². The molecule has 0 radical (unpaired) electrons. The van der Waals surface area contributed by atoms with Crippen molar-refractivity contribution < 1.29 is 14.3 Å². The number of likely N-dealkylation sites (tertiary alicyclic amines) is 1. The van der Waals surface area contributed by atoms with Crippen molar-refractivity contribution in [2.45, 2.75) is 50.9 Å². The van der Waals surface area contributed by atoms with Crippen molar-refractivity contribution in [3.63, 3.8) is 0 Å². The predicted octanol–water partition coefficient (Wildman–Crippen LogP) is 2.85. The highest BCUT2D eigenvalue weighted by Crippen LogP contribution is 2.35. The molecule has 0 saturated carbocycles. The monoisotopic (exact) mass is 344 g/mol. The van der Waals surface area contributed by atoms with Crippen LogP contribution in [0.5, 0.6) is 5.75 Å². The largest absolute Gasteiger partial charge is 0.493 e. The zero-order valence-electron chi connectivity index (χ0n) is 14.8. The molecular weight excluding hydrogens is 316 g/mol. The molecule has 0 bridgehead atoms. The second-order valence-electron chi connectivity index (χ2n) is 6.97. The summed E-state index contributed by atoms with van der Waals surface area (Å²) in [6.45, 7) is 2.82. The van der Waals surface area contributed by atoms with E-state index in [1.54, 1.807) is 0 Å². The number of para-hydroxylation sites is 1. The van der Waals surface area contributed by atoms with E-state index in [1.807, 2.05) is 29.2 Å². The molecule has 1 saturated heterocycles. The fourth-order valence-corrected chi connectivity index (χ4v) is 3.71. The zero-order valence-corrected chi connectivity index (χ0v) is 14.8. The quantitative estimate of drug-likeness (QED) is 0.893. The maximum atomic E-state index is 12.3. The Balaban J connectivity index is 1.42. The van der Waals surface area contributed by atoms with E-state index >= 15 is 0 Å². The highest BCUT2D eigenvalue weighted by Gasteiger charge is 2.23. The van der Waals surface area contributed by atoms with Gasteiger partial charge in [-0.1, -0.05) is 31.0 Å². The first kappa shape index (κ1) is 17.8.